The summed E-state index contributed by atoms with van der Waals surface area (Å²) in [6, 6.07) is 0.125. The van der Waals surface area contributed by atoms with Crippen molar-refractivity contribution in [3.8, 4) is 11.9 Å². The minimum Gasteiger partial charge on any atom is -0.476 e. The monoisotopic (exact) mass is 221 g/mol. The van der Waals surface area contributed by atoms with E-state index in [2.05, 4.69) is 20.1 Å². The summed E-state index contributed by atoms with van der Waals surface area (Å²) in [5, 5.41) is 12.5. The van der Waals surface area contributed by atoms with E-state index in [9.17, 15) is 4.79 Å². The van der Waals surface area contributed by atoms with Gasteiger partial charge < -0.3 is 9.84 Å². The Hall–Kier alpha value is -2.51. The van der Waals surface area contributed by atoms with Crippen LogP contribution in [0, 0.1) is 0 Å². The van der Waals surface area contributed by atoms with Crippen LogP contribution in [0.15, 0.2) is 18.7 Å². The lowest BCUT2D eigenvalue weighted by Gasteiger charge is -1.98. The molecular formula is C8H7N5O3. The zero-order chi connectivity index (χ0) is 11.5. The molecule has 2 heterocycles. The van der Waals surface area contributed by atoms with Gasteiger partial charge in [0.2, 0.25) is 5.88 Å². The topological polar surface area (TPSA) is 103 Å². The van der Waals surface area contributed by atoms with E-state index in [0.29, 0.717) is 0 Å². The first kappa shape index (κ1) is 10.0. The molecule has 0 atom stereocenters. The molecule has 0 aliphatic carbocycles. The molecule has 8 heteroatoms. The molecule has 0 aromatic carbocycles. The number of ether oxygens (including phenoxy) is 1. The largest absolute Gasteiger partial charge is 0.476 e. The van der Waals surface area contributed by atoms with Crippen molar-refractivity contribution in [2.24, 2.45) is 7.05 Å². The highest BCUT2D eigenvalue weighted by Gasteiger charge is 2.07. The van der Waals surface area contributed by atoms with E-state index in [0.717, 1.165) is 6.20 Å². The van der Waals surface area contributed by atoms with E-state index in [1.54, 1.807) is 7.05 Å². The second kappa shape index (κ2) is 3.93. The first-order valence-corrected chi connectivity index (χ1v) is 4.24. The Morgan fingerprint density at radius 3 is 2.69 bits per heavy atom. The number of aromatic carboxylic acids is 1. The molecule has 0 saturated carbocycles. The smallest absolute Gasteiger partial charge is 0.356 e. The maximum Gasteiger partial charge on any atom is 0.356 e. The van der Waals surface area contributed by atoms with E-state index in [1.165, 1.54) is 17.2 Å². The Bertz CT molecular complexity index is 507. The zero-order valence-electron chi connectivity index (χ0n) is 8.23. The Kier molecular flexibility index (Phi) is 2.46. The van der Waals surface area contributed by atoms with Crippen molar-refractivity contribution >= 4 is 5.97 Å². The summed E-state index contributed by atoms with van der Waals surface area (Å²) in [5.41, 5.74) is -0.152. The van der Waals surface area contributed by atoms with E-state index >= 15 is 0 Å². The molecule has 0 saturated heterocycles. The van der Waals surface area contributed by atoms with E-state index < -0.39 is 5.97 Å². The maximum absolute atomic E-state index is 10.5. The number of rotatable bonds is 3. The summed E-state index contributed by atoms with van der Waals surface area (Å²) in [7, 11) is 1.69. The average molecular weight is 221 g/mol. The lowest BCUT2D eigenvalue weighted by Crippen LogP contribution is -2.01. The van der Waals surface area contributed by atoms with Gasteiger partial charge in [-0.2, -0.15) is 4.98 Å². The standard InChI is InChI=1S/C8H7N5O3/c1-13-4-11-8(12-13)16-6-3-9-5(2-10-6)7(14)15/h2-4H,1H3,(H,14,15). The number of carboxylic acid groups (broad SMARTS) is 1. The van der Waals surface area contributed by atoms with Crippen LogP contribution in [0.5, 0.6) is 11.9 Å². The molecule has 0 radical (unpaired) electrons. The highest BCUT2D eigenvalue weighted by atomic mass is 16.5. The molecule has 0 unspecified atom stereocenters. The third-order valence-corrected chi connectivity index (χ3v) is 1.62. The predicted molar refractivity (Wildman–Crippen MR) is 50.1 cm³/mol. The van der Waals surface area contributed by atoms with Gasteiger partial charge in [-0.1, -0.05) is 0 Å². The third-order valence-electron chi connectivity index (χ3n) is 1.62. The molecular weight excluding hydrogens is 214 g/mol. The summed E-state index contributed by atoms with van der Waals surface area (Å²) in [6.07, 6.45) is 3.76. The van der Waals surface area contributed by atoms with Crippen LogP contribution in [0.2, 0.25) is 0 Å². The van der Waals surface area contributed by atoms with Crippen molar-refractivity contribution in [1.29, 1.82) is 0 Å². The Balaban J connectivity index is 2.14. The van der Waals surface area contributed by atoms with Crippen LogP contribution in [-0.2, 0) is 7.05 Å². The van der Waals surface area contributed by atoms with Gasteiger partial charge in [-0.25, -0.2) is 14.8 Å². The van der Waals surface area contributed by atoms with Gasteiger partial charge in [0.15, 0.2) is 5.69 Å². The second-order valence-electron chi connectivity index (χ2n) is 2.85. The number of nitrogens with zero attached hydrogens (tertiary/aromatic N) is 5. The second-order valence-corrected chi connectivity index (χ2v) is 2.85. The SMILES string of the molecule is Cn1cnc(Oc2cnc(C(=O)O)cn2)n1. The van der Waals surface area contributed by atoms with Crippen LogP contribution >= 0.6 is 0 Å². The normalized spacial score (nSPS) is 10.1. The van der Waals surface area contributed by atoms with Crippen LogP contribution in [0.4, 0.5) is 0 Å². The number of hydrogen-bond donors (Lipinski definition) is 1. The highest BCUT2D eigenvalue weighted by Crippen LogP contribution is 2.12. The van der Waals surface area contributed by atoms with Gasteiger partial charge in [0.05, 0.1) is 12.4 Å². The van der Waals surface area contributed by atoms with Gasteiger partial charge in [0, 0.05) is 7.05 Å². The molecule has 82 valence electrons. The van der Waals surface area contributed by atoms with Crippen molar-refractivity contribution < 1.29 is 14.6 Å². The average Bonchev–Trinajstić information content (AvgIpc) is 2.65. The van der Waals surface area contributed by atoms with Crippen molar-refractivity contribution in [2.75, 3.05) is 0 Å². The third kappa shape index (κ3) is 2.11. The van der Waals surface area contributed by atoms with Gasteiger partial charge >= 0.3 is 12.0 Å². The van der Waals surface area contributed by atoms with Gasteiger partial charge in [-0.05, 0) is 0 Å². The molecule has 16 heavy (non-hydrogen) atoms. The van der Waals surface area contributed by atoms with Crippen molar-refractivity contribution in [3.05, 3.63) is 24.4 Å². The van der Waals surface area contributed by atoms with Crippen molar-refractivity contribution in [1.82, 2.24) is 24.7 Å². The number of aromatic nitrogens is 5. The fourth-order valence-corrected chi connectivity index (χ4v) is 0.939. The summed E-state index contributed by atoms with van der Waals surface area (Å²) in [5.74, 6) is -1.01. The van der Waals surface area contributed by atoms with Crippen molar-refractivity contribution in [2.45, 2.75) is 0 Å². The van der Waals surface area contributed by atoms with Gasteiger partial charge in [0.25, 0.3) is 0 Å². The number of carbonyl (C=O) groups is 1. The molecule has 0 spiro atoms. The predicted octanol–water partition coefficient (Wildman–Crippen LogP) is 0.0956. The number of hydrogen-bond acceptors (Lipinski definition) is 6. The summed E-state index contributed by atoms with van der Waals surface area (Å²) < 4.78 is 6.59. The van der Waals surface area contributed by atoms with Gasteiger partial charge in [-0.15, -0.1) is 5.10 Å². The Morgan fingerprint density at radius 2 is 2.19 bits per heavy atom. The van der Waals surface area contributed by atoms with Gasteiger partial charge in [0.1, 0.15) is 6.33 Å². The minimum atomic E-state index is -1.14. The lowest BCUT2D eigenvalue weighted by molar-refractivity contribution is 0.0690. The van der Waals surface area contributed by atoms with Gasteiger partial charge in [-0.3, -0.25) is 4.68 Å². The number of aryl methyl sites for hydroxylation is 1. The maximum atomic E-state index is 10.5. The molecule has 0 aliphatic rings. The van der Waals surface area contributed by atoms with E-state index in [1.807, 2.05) is 0 Å². The summed E-state index contributed by atoms with van der Waals surface area (Å²) in [6.45, 7) is 0. The van der Waals surface area contributed by atoms with Crippen LogP contribution in [-0.4, -0.2) is 35.8 Å². The Morgan fingerprint density at radius 1 is 1.38 bits per heavy atom. The molecule has 1 N–H and O–H groups in total. The minimum absolute atomic E-state index is 0.125. The first-order chi connectivity index (χ1) is 7.65. The molecule has 0 amide bonds. The fourth-order valence-electron chi connectivity index (χ4n) is 0.939. The lowest BCUT2D eigenvalue weighted by atomic mass is 10.5. The molecule has 2 aromatic heterocycles. The Labute approximate surface area is 89.6 Å². The quantitative estimate of drug-likeness (QED) is 0.783. The van der Waals surface area contributed by atoms with Crippen LogP contribution in [0.1, 0.15) is 10.5 Å². The van der Waals surface area contributed by atoms with Crippen molar-refractivity contribution in [3.63, 3.8) is 0 Å². The molecule has 8 nitrogen and oxygen atoms in total. The van der Waals surface area contributed by atoms with Crippen LogP contribution in [0.25, 0.3) is 0 Å². The summed E-state index contributed by atoms with van der Waals surface area (Å²) >= 11 is 0. The molecule has 2 rings (SSSR count). The van der Waals surface area contributed by atoms with E-state index in [4.69, 9.17) is 9.84 Å². The highest BCUT2D eigenvalue weighted by molar-refractivity contribution is 5.84. The molecule has 2 aromatic rings. The fraction of sp³-hybridized carbons (Fsp3) is 0.125. The first-order valence-electron chi connectivity index (χ1n) is 4.24. The van der Waals surface area contributed by atoms with E-state index in [-0.39, 0.29) is 17.6 Å². The molecule has 0 aliphatic heterocycles. The molecule has 0 bridgehead atoms. The number of carboxylic acids is 1. The molecule has 0 fully saturated rings. The van der Waals surface area contributed by atoms with Crippen LogP contribution in [0.3, 0.4) is 0 Å². The van der Waals surface area contributed by atoms with Crippen LogP contribution < -0.4 is 4.74 Å². The summed E-state index contributed by atoms with van der Waals surface area (Å²) in [4.78, 5) is 21.7. The zero-order valence-corrected chi connectivity index (χ0v) is 8.23.